The lowest BCUT2D eigenvalue weighted by atomic mass is 10.1. The number of carbonyl (C=O) groups excluding carboxylic acids is 1. The smallest absolute Gasteiger partial charge is 0.181 e. The van der Waals surface area contributed by atoms with Crippen molar-refractivity contribution in [1.29, 1.82) is 0 Å². The van der Waals surface area contributed by atoms with Gasteiger partial charge >= 0.3 is 0 Å². The Morgan fingerprint density at radius 3 is 2.58 bits per heavy atom. The number of aldehydes is 1. The molecule has 2 aromatic carbocycles. The van der Waals surface area contributed by atoms with Crippen molar-refractivity contribution in [2.24, 2.45) is 0 Å². The summed E-state index contributed by atoms with van der Waals surface area (Å²) >= 11 is 5.56. The normalized spacial score (nSPS) is 10.2. The highest BCUT2D eigenvalue weighted by Gasteiger charge is 2.13. The van der Waals surface area contributed by atoms with E-state index in [0.717, 1.165) is 40.3 Å². The van der Waals surface area contributed by atoms with E-state index in [1.807, 2.05) is 43.4 Å². The van der Waals surface area contributed by atoms with E-state index in [0.29, 0.717) is 16.2 Å². The molecule has 3 N–H and O–H groups in total. The van der Waals surface area contributed by atoms with E-state index in [-0.39, 0.29) is 0 Å². The predicted molar refractivity (Wildman–Crippen MR) is 131 cm³/mol. The summed E-state index contributed by atoms with van der Waals surface area (Å²) < 4.78 is 0. The highest BCUT2D eigenvalue weighted by atomic mass is 35.5. The minimum Gasteiger partial charge on any atom is -0.388 e. The number of aromatic nitrogens is 5. The molecule has 33 heavy (non-hydrogen) atoms. The number of halogens is 1. The van der Waals surface area contributed by atoms with Gasteiger partial charge in [0.05, 0.1) is 6.33 Å². The van der Waals surface area contributed by atoms with Gasteiger partial charge < -0.3 is 15.6 Å². The first-order valence-electron chi connectivity index (χ1n) is 10.0. The number of carbonyl (C=O) groups is 1. The third kappa shape index (κ3) is 5.31. The SMILES string of the molecule is CNc1cccc(Nc2ncccc2-c2ncnc3nc[nH]c23)c1.O=Cc1cccc(Cl)c1. The van der Waals surface area contributed by atoms with Crippen LogP contribution in [0.15, 0.2) is 79.5 Å². The summed E-state index contributed by atoms with van der Waals surface area (Å²) in [4.78, 5) is 30.4. The number of nitrogens with one attached hydrogen (secondary N) is 3. The molecule has 0 amide bonds. The van der Waals surface area contributed by atoms with Gasteiger partial charge in [0.15, 0.2) is 5.65 Å². The number of anilines is 3. The summed E-state index contributed by atoms with van der Waals surface area (Å²) in [7, 11) is 1.89. The molecule has 0 aliphatic heterocycles. The summed E-state index contributed by atoms with van der Waals surface area (Å²) in [5.74, 6) is 0.723. The Morgan fingerprint density at radius 2 is 1.79 bits per heavy atom. The molecule has 0 saturated carbocycles. The first-order chi connectivity index (χ1) is 16.2. The van der Waals surface area contributed by atoms with Crippen molar-refractivity contribution in [3.05, 3.63) is 90.1 Å². The standard InChI is InChI=1S/C17H15N7.C7H5ClO/c1-18-11-4-2-5-12(8-11)24-16-13(6-3-7-19-16)14-15-17(22-9-20-14)23-10-21-15;8-7-3-1-2-6(4-7)5-9/h2-10,18H,1H3,(H,19,24)(H,20,21,22,23);1-5H. The number of rotatable bonds is 5. The second-order valence-electron chi connectivity index (χ2n) is 6.85. The third-order valence-corrected chi connectivity index (χ3v) is 4.92. The fourth-order valence-corrected chi connectivity index (χ4v) is 3.33. The van der Waals surface area contributed by atoms with Gasteiger partial charge in [0, 0.05) is 40.8 Å². The van der Waals surface area contributed by atoms with Crippen molar-refractivity contribution >= 4 is 46.2 Å². The fourth-order valence-electron chi connectivity index (χ4n) is 3.13. The van der Waals surface area contributed by atoms with Crippen molar-refractivity contribution < 1.29 is 4.79 Å². The lowest BCUT2D eigenvalue weighted by Gasteiger charge is -2.11. The Bertz CT molecular complexity index is 1390. The Balaban J connectivity index is 0.000000243. The number of aromatic amines is 1. The number of fused-ring (bicyclic) bond motifs is 1. The van der Waals surface area contributed by atoms with Crippen LogP contribution in [0.5, 0.6) is 0 Å². The number of pyridine rings is 1. The number of nitrogens with zero attached hydrogens (tertiary/aromatic N) is 4. The minimum atomic E-state index is 0.597. The average molecular weight is 458 g/mol. The van der Waals surface area contributed by atoms with Crippen LogP contribution < -0.4 is 10.6 Å². The number of H-pyrrole nitrogens is 1. The Kier molecular flexibility index (Phi) is 6.87. The molecule has 3 aromatic heterocycles. The molecular weight excluding hydrogens is 438 g/mol. The first-order valence-corrected chi connectivity index (χ1v) is 10.4. The second kappa shape index (κ2) is 10.3. The lowest BCUT2D eigenvalue weighted by Crippen LogP contribution is -1.99. The van der Waals surface area contributed by atoms with Crippen molar-refractivity contribution in [3.8, 4) is 11.3 Å². The maximum Gasteiger partial charge on any atom is 0.181 e. The van der Waals surface area contributed by atoms with Gasteiger partial charge in [-0.2, -0.15) is 0 Å². The largest absolute Gasteiger partial charge is 0.388 e. The van der Waals surface area contributed by atoms with Crippen LogP contribution >= 0.6 is 11.6 Å². The Hall–Kier alpha value is -4.30. The Morgan fingerprint density at radius 1 is 0.939 bits per heavy atom. The highest BCUT2D eigenvalue weighted by Crippen LogP contribution is 2.30. The van der Waals surface area contributed by atoms with E-state index < -0.39 is 0 Å². The van der Waals surface area contributed by atoms with Crippen LogP contribution in [-0.2, 0) is 0 Å². The molecule has 0 aliphatic carbocycles. The maximum atomic E-state index is 10.1. The summed E-state index contributed by atoms with van der Waals surface area (Å²) in [5, 5.41) is 7.08. The van der Waals surface area contributed by atoms with Gasteiger partial charge in [-0.25, -0.2) is 19.9 Å². The molecule has 0 saturated heterocycles. The van der Waals surface area contributed by atoms with Gasteiger partial charge in [-0.15, -0.1) is 0 Å². The van der Waals surface area contributed by atoms with E-state index in [1.54, 1.807) is 36.8 Å². The Labute approximate surface area is 195 Å². The van der Waals surface area contributed by atoms with Crippen LogP contribution in [0.1, 0.15) is 10.4 Å². The molecule has 0 aliphatic rings. The average Bonchev–Trinajstić information content (AvgIpc) is 3.34. The molecular formula is C24H20ClN7O. The molecule has 0 bridgehead atoms. The van der Waals surface area contributed by atoms with Crippen molar-refractivity contribution in [2.45, 2.75) is 0 Å². The second-order valence-corrected chi connectivity index (χ2v) is 7.29. The molecule has 0 radical (unpaired) electrons. The van der Waals surface area contributed by atoms with Gasteiger partial charge in [0.2, 0.25) is 0 Å². The zero-order chi connectivity index (χ0) is 23.0. The quantitative estimate of drug-likeness (QED) is 0.305. The molecule has 5 rings (SSSR count). The van der Waals surface area contributed by atoms with Gasteiger partial charge in [-0.1, -0.05) is 29.8 Å². The molecule has 164 valence electrons. The topological polar surface area (TPSA) is 108 Å². The molecule has 5 aromatic rings. The van der Waals surface area contributed by atoms with E-state index >= 15 is 0 Å². The first kappa shape index (κ1) is 21.9. The summed E-state index contributed by atoms with van der Waals surface area (Å²) in [6, 6.07) is 18.6. The van der Waals surface area contributed by atoms with Crippen LogP contribution in [0, 0.1) is 0 Å². The zero-order valence-corrected chi connectivity index (χ0v) is 18.4. The summed E-state index contributed by atoms with van der Waals surface area (Å²) in [6.07, 6.45) is 5.64. The van der Waals surface area contributed by atoms with Crippen LogP contribution in [0.25, 0.3) is 22.4 Å². The lowest BCUT2D eigenvalue weighted by molar-refractivity contribution is 0.112. The van der Waals surface area contributed by atoms with Crippen molar-refractivity contribution in [1.82, 2.24) is 24.9 Å². The summed E-state index contributed by atoms with van der Waals surface area (Å²) in [6.45, 7) is 0. The molecule has 0 fully saturated rings. The summed E-state index contributed by atoms with van der Waals surface area (Å²) in [5.41, 5.74) is 5.64. The molecule has 8 nitrogen and oxygen atoms in total. The van der Waals surface area contributed by atoms with Gasteiger partial charge in [0.1, 0.15) is 29.6 Å². The number of benzene rings is 2. The van der Waals surface area contributed by atoms with Gasteiger partial charge in [-0.05, 0) is 42.5 Å². The van der Waals surface area contributed by atoms with Gasteiger partial charge in [0.25, 0.3) is 0 Å². The molecule has 0 spiro atoms. The zero-order valence-electron chi connectivity index (χ0n) is 17.7. The van der Waals surface area contributed by atoms with Gasteiger partial charge in [-0.3, -0.25) is 4.79 Å². The van der Waals surface area contributed by atoms with E-state index in [2.05, 4.69) is 35.6 Å². The van der Waals surface area contributed by atoms with Crippen LogP contribution in [0.4, 0.5) is 17.2 Å². The highest BCUT2D eigenvalue weighted by molar-refractivity contribution is 6.30. The molecule has 3 heterocycles. The van der Waals surface area contributed by atoms with Crippen molar-refractivity contribution in [2.75, 3.05) is 17.7 Å². The van der Waals surface area contributed by atoms with Crippen LogP contribution in [0.2, 0.25) is 5.02 Å². The third-order valence-electron chi connectivity index (χ3n) is 4.68. The minimum absolute atomic E-state index is 0.597. The number of hydrogen-bond donors (Lipinski definition) is 3. The number of hydrogen-bond acceptors (Lipinski definition) is 7. The van der Waals surface area contributed by atoms with E-state index in [9.17, 15) is 4.79 Å². The number of imidazole rings is 1. The fraction of sp³-hybridized carbons (Fsp3) is 0.0417. The van der Waals surface area contributed by atoms with E-state index in [1.165, 1.54) is 6.33 Å². The predicted octanol–water partition coefficient (Wildman–Crippen LogP) is 5.35. The molecule has 0 unspecified atom stereocenters. The molecule has 9 heteroatoms. The monoisotopic (exact) mass is 457 g/mol. The van der Waals surface area contributed by atoms with Crippen molar-refractivity contribution in [3.63, 3.8) is 0 Å². The van der Waals surface area contributed by atoms with E-state index in [4.69, 9.17) is 11.6 Å². The maximum absolute atomic E-state index is 10.1. The molecule has 0 atom stereocenters. The van der Waals surface area contributed by atoms with Crippen LogP contribution in [0.3, 0.4) is 0 Å². The van der Waals surface area contributed by atoms with Crippen LogP contribution in [-0.4, -0.2) is 38.3 Å².